The van der Waals surface area contributed by atoms with Crippen LogP contribution in [0.5, 0.6) is 0 Å². The van der Waals surface area contributed by atoms with Gasteiger partial charge in [0.05, 0.1) is 18.4 Å². The predicted molar refractivity (Wildman–Crippen MR) is 110 cm³/mol. The lowest BCUT2D eigenvalue weighted by Gasteiger charge is -2.21. The van der Waals surface area contributed by atoms with Gasteiger partial charge in [-0.3, -0.25) is 4.52 Å². The zero-order valence-electron chi connectivity index (χ0n) is 16.0. The first-order valence-electron chi connectivity index (χ1n) is 9.39. The molecule has 0 aromatic heterocycles. The summed E-state index contributed by atoms with van der Waals surface area (Å²) in [6, 6.07) is 11.9. The lowest BCUT2D eigenvalue weighted by molar-refractivity contribution is 0.183. The Morgan fingerprint density at radius 1 is 1.04 bits per heavy atom. The number of hydrogen-bond acceptors (Lipinski definition) is 4. The minimum absolute atomic E-state index is 0.0338. The van der Waals surface area contributed by atoms with Gasteiger partial charge in [-0.2, -0.15) is 0 Å². The van der Waals surface area contributed by atoms with E-state index in [0.717, 1.165) is 36.5 Å². The van der Waals surface area contributed by atoms with E-state index in [1.54, 1.807) is 12.1 Å². The molecular formula is C19H28NO6PS. The zero-order valence-corrected chi connectivity index (χ0v) is 17.7. The van der Waals surface area contributed by atoms with Crippen molar-refractivity contribution < 1.29 is 27.3 Å². The molecule has 0 amide bonds. The van der Waals surface area contributed by atoms with Crippen LogP contribution in [0.1, 0.15) is 50.6 Å². The highest BCUT2D eigenvalue weighted by Gasteiger charge is 2.25. The molecule has 0 radical (unpaired) electrons. The molecule has 1 unspecified atom stereocenters. The lowest BCUT2D eigenvalue weighted by atomic mass is 10.00. The molecule has 2 aromatic rings. The van der Waals surface area contributed by atoms with Gasteiger partial charge in [-0.05, 0) is 22.8 Å². The average molecular weight is 429 g/mol. The Kier molecular flexibility index (Phi) is 8.61. The maximum absolute atomic E-state index is 12.5. The predicted octanol–water partition coefficient (Wildman–Crippen LogP) is 3.88. The Morgan fingerprint density at radius 3 is 2.43 bits per heavy atom. The van der Waals surface area contributed by atoms with Gasteiger partial charge in [0.2, 0.25) is 10.0 Å². The molecule has 2 aromatic carbocycles. The maximum Gasteiger partial charge on any atom is 0.469 e. The fourth-order valence-electron chi connectivity index (χ4n) is 3.08. The van der Waals surface area contributed by atoms with Gasteiger partial charge in [0.25, 0.3) is 0 Å². The Hall–Kier alpha value is -1.28. The third kappa shape index (κ3) is 7.62. The van der Waals surface area contributed by atoms with Crippen LogP contribution < -0.4 is 4.72 Å². The molecule has 156 valence electrons. The van der Waals surface area contributed by atoms with Crippen LogP contribution in [0.15, 0.2) is 42.5 Å². The quantitative estimate of drug-likeness (QED) is 0.349. The molecule has 0 saturated heterocycles. The molecule has 0 aliphatic carbocycles. The van der Waals surface area contributed by atoms with E-state index < -0.39 is 30.5 Å². The summed E-state index contributed by atoms with van der Waals surface area (Å²) in [5, 5.41) is 1.70. The Balaban J connectivity index is 2.20. The molecule has 0 heterocycles. The molecule has 7 nitrogen and oxygen atoms in total. The number of nitrogens with one attached hydrogen (secondary N) is 1. The first-order valence-corrected chi connectivity index (χ1v) is 12.6. The minimum atomic E-state index is -4.73. The van der Waals surface area contributed by atoms with Crippen molar-refractivity contribution in [3.8, 4) is 0 Å². The summed E-state index contributed by atoms with van der Waals surface area (Å²) < 4.78 is 43.5. The summed E-state index contributed by atoms with van der Waals surface area (Å²) in [7, 11) is -8.37. The summed E-state index contributed by atoms with van der Waals surface area (Å²) in [4.78, 5) is 18.1. The number of unbranched alkanes of at least 4 members (excludes halogenated alkanes) is 4. The number of hydrogen-bond donors (Lipinski definition) is 3. The number of benzene rings is 2. The third-order valence-electron chi connectivity index (χ3n) is 4.45. The van der Waals surface area contributed by atoms with E-state index >= 15 is 0 Å². The number of phosphoric acid groups is 1. The van der Waals surface area contributed by atoms with E-state index in [-0.39, 0.29) is 5.75 Å². The van der Waals surface area contributed by atoms with E-state index in [4.69, 9.17) is 9.79 Å². The van der Waals surface area contributed by atoms with Gasteiger partial charge in [0, 0.05) is 0 Å². The van der Waals surface area contributed by atoms with Crippen LogP contribution in [0.2, 0.25) is 0 Å². The zero-order chi connectivity index (χ0) is 20.6. The van der Waals surface area contributed by atoms with Crippen LogP contribution >= 0.6 is 7.82 Å². The van der Waals surface area contributed by atoms with E-state index in [1.807, 2.05) is 30.3 Å². The van der Waals surface area contributed by atoms with Crippen molar-refractivity contribution in [1.82, 2.24) is 4.72 Å². The highest BCUT2D eigenvalue weighted by Crippen LogP contribution is 2.38. The first kappa shape index (κ1) is 23.0. The Morgan fingerprint density at radius 2 is 1.71 bits per heavy atom. The van der Waals surface area contributed by atoms with Crippen LogP contribution in [0.25, 0.3) is 10.8 Å². The number of fused-ring (bicyclic) bond motifs is 1. The van der Waals surface area contributed by atoms with E-state index in [0.29, 0.717) is 12.0 Å². The van der Waals surface area contributed by atoms with E-state index in [1.165, 1.54) is 0 Å². The minimum Gasteiger partial charge on any atom is -0.303 e. The topological polar surface area (TPSA) is 113 Å². The molecule has 0 saturated carbocycles. The van der Waals surface area contributed by atoms with Crippen molar-refractivity contribution in [2.75, 3.05) is 12.4 Å². The molecule has 0 fully saturated rings. The molecule has 0 aliphatic heterocycles. The molecule has 2 rings (SSSR count). The standard InChI is InChI=1S/C19H28NO6PS/c1-2-3-4-5-8-14-28(24,25)20-19(15-26-27(21,22)23)18-13-9-11-16-10-6-7-12-17(16)18/h6-7,9-13,19-20H,2-5,8,14-15H2,1H3,(H2,21,22,23). The molecule has 9 heteroatoms. The molecule has 28 heavy (non-hydrogen) atoms. The normalized spacial score (nSPS) is 13.7. The SMILES string of the molecule is CCCCCCCS(=O)(=O)NC(COP(=O)(O)O)c1cccc2ccccc12. The third-order valence-corrected chi connectivity index (χ3v) is 6.40. The van der Waals surface area contributed by atoms with Gasteiger partial charge in [0.1, 0.15) is 0 Å². The summed E-state index contributed by atoms with van der Waals surface area (Å²) in [6.45, 7) is 1.63. The fourth-order valence-corrected chi connectivity index (χ4v) is 4.76. The fraction of sp³-hybridized carbons (Fsp3) is 0.474. The summed E-state index contributed by atoms with van der Waals surface area (Å²) >= 11 is 0. The summed E-state index contributed by atoms with van der Waals surface area (Å²) in [6.07, 6.45) is 4.50. The van der Waals surface area contributed by atoms with Crippen LogP contribution in [0.3, 0.4) is 0 Å². The van der Waals surface area contributed by atoms with Gasteiger partial charge in [-0.15, -0.1) is 0 Å². The Labute approximate surface area is 166 Å². The largest absolute Gasteiger partial charge is 0.469 e. The highest BCUT2D eigenvalue weighted by atomic mass is 32.2. The molecular weight excluding hydrogens is 401 g/mol. The highest BCUT2D eigenvalue weighted by molar-refractivity contribution is 7.89. The second-order valence-corrected chi connectivity index (χ2v) is 9.87. The van der Waals surface area contributed by atoms with Crippen molar-refractivity contribution in [1.29, 1.82) is 0 Å². The smallest absolute Gasteiger partial charge is 0.303 e. The lowest BCUT2D eigenvalue weighted by Crippen LogP contribution is -2.33. The molecule has 3 N–H and O–H groups in total. The van der Waals surface area contributed by atoms with E-state index in [2.05, 4.69) is 16.2 Å². The molecule has 0 aliphatic rings. The van der Waals surface area contributed by atoms with Gasteiger partial charge in [-0.1, -0.05) is 75.1 Å². The summed E-state index contributed by atoms with van der Waals surface area (Å²) in [5.41, 5.74) is 0.612. The molecule has 0 spiro atoms. The number of phosphoric ester groups is 1. The second-order valence-electron chi connectivity index (χ2n) is 6.76. The van der Waals surface area contributed by atoms with Crippen molar-refractivity contribution in [3.63, 3.8) is 0 Å². The summed E-state index contributed by atoms with van der Waals surface area (Å²) in [5.74, 6) is -0.0338. The van der Waals surface area contributed by atoms with E-state index in [9.17, 15) is 13.0 Å². The average Bonchev–Trinajstić information content (AvgIpc) is 2.64. The monoisotopic (exact) mass is 429 g/mol. The van der Waals surface area contributed by atoms with Crippen molar-refractivity contribution in [3.05, 3.63) is 48.0 Å². The first-order chi connectivity index (χ1) is 13.2. The van der Waals surface area contributed by atoms with Gasteiger partial charge < -0.3 is 9.79 Å². The maximum atomic E-state index is 12.5. The number of sulfonamides is 1. The van der Waals surface area contributed by atoms with Crippen molar-refractivity contribution in [2.24, 2.45) is 0 Å². The number of rotatable bonds is 12. The molecule has 1 atom stereocenters. The second kappa shape index (κ2) is 10.5. The van der Waals surface area contributed by atoms with Crippen LogP contribution in [-0.2, 0) is 19.1 Å². The molecule has 0 bridgehead atoms. The van der Waals surface area contributed by atoms with Crippen LogP contribution in [0.4, 0.5) is 0 Å². The van der Waals surface area contributed by atoms with Crippen LogP contribution in [-0.4, -0.2) is 30.6 Å². The van der Waals surface area contributed by atoms with Gasteiger partial charge >= 0.3 is 7.82 Å². The van der Waals surface area contributed by atoms with Crippen LogP contribution in [0, 0.1) is 0 Å². The van der Waals surface area contributed by atoms with Crippen molar-refractivity contribution in [2.45, 2.75) is 45.1 Å². The van der Waals surface area contributed by atoms with Gasteiger partial charge in [0.15, 0.2) is 0 Å². The van der Waals surface area contributed by atoms with Crippen molar-refractivity contribution >= 4 is 28.6 Å². The van der Waals surface area contributed by atoms with Gasteiger partial charge in [-0.25, -0.2) is 17.7 Å². The Bertz CT molecular complexity index is 906.